The van der Waals surface area contributed by atoms with Crippen molar-refractivity contribution in [2.75, 3.05) is 51.2 Å². The average Bonchev–Trinajstić information content (AvgIpc) is 3.29. The number of rotatable bonds is 4. The zero-order valence-electron chi connectivity index (χ0n) is 19.1. The Bertz CT molecular complexity index is 1140. The number of aromatic nitrogens is 1. The second kappa shape index (κ2) is 8.47. The van der Waals surface area contributed by atoms with Crippen LogP contribution in [0.5, 0.6) is 0 Å². The third-order valence-electron chi connectivity index (χ3n) is 7.64. The molecule has 7 nitrogen and oxygen atoms in total. The van der Waals surface area contributed by atoms with Crippen molar-refractivity contribution >= 4 is 23.0 Å². The highest BCUT2D eigenvalue weighted by Gasteiger charge is 2.35. The molecule has 2 unspecified atom stereocenters. The predicted octanol–water partition coefficient (Wildman–Crippen LogP) is 3.14. The molecule has 4 saturated heterocycles. The summed E-state index contributed by atoms with van der Waals surface area (Å²) < 4.78 is 6.23. The number of likely N-dealkylation sites (N-methyl/N-ethyl adjacent to an activating group) is 1. The molecule has 0 spiro atoms. The van der Waals surface area contributed by atoms with Gasteiger partial charge < -0.3 is 24.4 Å². The van der Waals surface area contributed by atoms with Gasteiger partial charge in [0, 0.05) is 32.2 Å². The Morgan fingerprint density at radius 3 is 2.58 bits per heavy atom. The second-order valence-corrected chi connectivity index (χ2v) is 9.75. The van der Waals surface area contributed by atoms with Crippen LogP contribution in [0.25, 0.3) is 11.1 Å². The van der Waals surface area contributed by atoms with Gasteiger partial charge >= 0.3 is 0 Å². The van der Waals surface area contributed by atoms with E-state index in [9.17, 15) is 4.79 Å². The highest BCUT2D eigenvalue weighted by Crippen LogP contribution is 2.33. The number of piperidine rings is 3. The van der Waals surface area contributed by atoms with Gasteiger partial charge in [0.05, 0.1) is 11.6 Å². The molecule has 3 aromatic rings. The van der Waals surface area contributed by atoms with Gasteiger partial charge in [-0.05, 0) is 56.6 Å². The minimum Gasteiger partial charge on any atom is -0.423 e. The molecule has 5 heterocycles. The first-order valence-corrected chi connectivity index (χ1v) is 12.1. The van der Waals surface area contributed by atoms with Crippen LogP contribution in [0.15, 0.2) is 52.9 Å². The standard InChI is InChI=1S/C26H31N5O2/c1-29-14-15-31(22(17-29)19-6-3-2-4-7-19)26-28-24-20(8-5-9-23(24)33-26)25(32)27-21-16-30-12-10-18(21)11-13-30/h2-9,18,21-22H,10-17H2,1H3,(H,27,32). The molecule has 2 atom stereocenters. The van der Waals surface area contributed by atoms with Crippen molar-refractivity contribution < 1.29 is 9.21 Å². The first-order valence-electron chi connectivity index (χ1n) is 12.1. The lowest BCUT2D eigenvalue weighted by Gasteiger charge is -2.44. The fourth-order valence-corrected chi connectivity index (χ4v) is 5.73. The van der Waals surface area contributed by atoms with E-state index in [0.717, 1.165) is 39.3 Å². The van der Waals surface area contributed by atoms with Crippen molar-refractivity contribution in [1.82, 2.24) is 20.1 Å². The molecule has 4 aliphatic rings. The summed E-state index contributed by atoms with van der Waals surface area (Å²) in [4.78, 5) is 25.2. The number of carbonyl (C=O) groups is 1. The molecule has 0 aliphatic carbocycles. The number of amides is 1. The molecule has 4 fully saturated rings. The third kappa shape index (κ3) is 3.89. The quantitative estimate of drug-likeness (QED) is 0.666. The lowest BCUT2D eigenvalue weighted by atomic mass is 9.84. The van der Waals surface area contributed by atoms with Gasteiger partial charge in [-0.2, -0.15) is 4.98 Å². The number of nitrogens with one attached hydrogen (secondary N) is 1. The van der Waals surface area contributed by atoms with Crippen LogP contribution < -0.4 is 10.2 Å². The number of hydrogen-bond donors (Lipinski definition) is 1. The molecule has 0 saturated carbocycles. The molecule has 7 rings (SSSR count). The summed E-state index contributed by atoms with van der Waals surface area (Å²) in [7, 11) is 2.15. The van der Waals surface area contributed by atoms with Crippen LogP contribution in [0.3, 0.4) is 0 Å². The molecule has 172 valence electrons. The number of para-hydroxylation sites is 1. The predicted molar refractivity (Wildman–Crippen MR) is 128 cm³/mol. The Morgan fingerprint density at radius 2 is 1.82 bits per heavy atom. The molecule has 7 heteroatoms. The normalized spacial score (nSPS) is 27.7. The minimum absolute atomic E-state index is 0.0443. The van der Waals surface area contributed by atoms with Gasteiger partial charge in [-0.15, -0.1) is 0 Å². The van der Waals surface area contributed by atoms with Crippen molar-refractivity contribution in [3.8, 4) is 0 Å². The van der Waals surface area contributed by atoms with Crippen molar-refractivity contribution in [3.05, 3.63) is 59.7 Å². The van der Waals surface area contributed by atoms with Crippen LogP contribution in [-0.2, 0) is 0 Å². The smallest absolute Gasteiger partial charge is 0.299 e. The summed E-state index contributed by atoms with van der Waals surface area (Å²) >= 11 is 0. The van der Waals surface area contributed by atoms with Crippen LogP contribution >= 0.6 is 0 Å². The maximum atomic E-state index is 13.3. The van der Waals surface area contributed by atoms with E-state index in [2.05, 4.69) is 51.3 Å². The molecular formula is C26H31N5O2. The zero-order chi connectivity index (χ0) is 22.4. The number of benzene rings is 2. The van der Waals surface area contributed by atoms with Crippen LogP contribution in [-0.4, -0.2) is 73.0 Å². The molecule has 4 aliphatic heterocycles. The fourth-order valence-electron chi connectivity index (χ4n) is 5.73. The van der Waals surface area contributed by atoms with Gasteiger partial charge in [0.1, 0.15) is 5.52 Å². The Kier molecular flexibility index (Phi) is 5.31. The van der Waals surface area contributed by atoms with E-state index < -0.39 is 0 Å². The Labute approximate surface area is 194 Å². The number of carbonyl (C=O) groups excluding carboxylic acids is 1. The molecule has 1 amide bonds. The van der Waals surface area contributed by atoms with Crippen LogP contribution in [0.4, 0.5) is 6.01 Å². The monoisotopic (exact) mass is 445 g/mol. The summed E-state index contributed by atoms with van der Waals surface area (Å²) in [5, 5.41) is 3.31. The van der Waals surface area contributed by atoms with E-state index in [-0.39, 0.29) is 18.0 Å². The third-order valence-corrected chi connectivity index (χ3v) is 7.64. The number of hydrogen-bond acceptors (Lipinski definition) is 6. The summed E-state index contributed by atoms with van der Waals surface area (Å²) in [5.74, 6) is 0.542. The van der Waals surface area contributed by atoms with Crippen molar-refractivity contribution in [3.63, 3.8) is 0 Å². The van der Waals surface area contributed by atoms with Crippen LogP contribution in [0, 0.1) is 5.92 Å². The number of nitrogens with zero attached hydrogens (tertiary/aromatic N) is 4. The Balaban J connectivity index is 1.29. The Hall–Kier alpha value is -2.90. The lowest BCUT2D eigenvalue weighted by Crippen LogP contribution is -2.57. The molecule has 1 N–H and O–H groups in total. The van der Waals surface area contributed by atoms with E-state index in [0.29, 0.717) is 28.6 Å². The molecule has 33 heavy (non-hydrogen) atoms. The first-order chi connectivity index (χ1) is 16.2. The van der Waals surface area contributed by atoms with E-state index >= 15 is 0 Å². The van der Waals surface area contributed by atoms with E-state index in [4.69, 9.17) is 9.40 Å². The molecular weight excluding hydrogens is 414 g/mol. The van der Waals surface area contributed by atoms with Crippen molar-refractivity contribution in [2.24, 2.45) is 5.92 Å². The number of anilines is 1. The number of oxazole rings is 1. The average molecular weight is 446 g/mol. The summed E-state index contributed by atoms with van der Waals surface area (Å²) in [6.45, 7) is 5.94. The fraction of sp³-hybridized carbons (Fsp3) is 0.462. The van der Waals surface area contributed by atoms with E-state index in [1.807, 2.05) is 24.3 Å². The van der Waals surface area contributed by atoms with Gasteiger partial charge in [-0.3, -0.25) is 4.79 Å². The van der Waals surface area contributed by atoms with Crippen molar-refractivity contribution in [1.29, 1.82) is 0 Å². The molecule has 0 radical (unpaired) electrons. The summed E-state index contributed by atoms with van der Waals surface area (Å²) in [6, 6.07) is 17.1. The molecule has 2 bridgehead atoms. The maximum Gasteiger partial charge on any atom is 0.299 e. The van der Waals surface area contributed by atoms with Gasteiger partial charge in [0.25, 0.3) is 11.9 Å². The van der Waals surface area contributed by atoms with Crippen molar-refractivity contribution in [2.45, 2.75) is 24.9 Å². The number of piperazine rings is 1. The Morgan fingerprint density at radius 1 is 1.00 bits per heavy atom. The van der Waals surface area contributed by atoms with Gasteiger partial charge in [-0.1, -0.05) is 36.4 Å². The molecule has 2 aromatic carbocycles. The zero-order valence-corrected chi connectivity index (χ0v) is 19.1. The summed E-state index contributed by atoms with van der Waals surface area (Å²) in [5.41, 5.74) is 3.16. The van der Waals surface area contributed by atoms with E-state index in [1.54, 1.807) is 0 Å². The minimum atomic E-state index is -0.0443. The second-order valence-electron chi connectivity index (χ2n) is 9.75. The van der Waals surface area contributed by atoms with Gasteiger partial charge in [-0.25, -0.2) is 0 Å². The van der Waals surface area contributed by atoms with Crippen LogP contribution in [0.2, 0.25) is 0 Å². The highest BCUT2D eigenvalue weighted by atomic mass is 16.4. The number of fused-ring (bicyclic) bond motifs is 4. The topological polar surface area (TPSA) is 64.8 Å². The SMILES string of the molecule is CN1CCN(c2nc3c(C(=O)NC4CN5CCC4CC5)cccc3o2)C(c2ccccc2)C1. The largest absolute Gasteiger partial charge is 0.423 e. The highest BCUT2D eigenvalue weighted by molar-refractivity contribution is 6.04. The van der Waals surface area contributed by atoms with Gasteiger partial charge in [0.15, 0.2) is 5.58 Å². The first kappa shape index (κ1) is 20.7. The molecule has 1 aromatic heterocycles. The maximum absolute atomic E-state index is 13.3. The lowest BCUT2D eigenvalue weighted by molar-refractivity contribution is 0.0621. The van der Waals surface area contributed by atoms with Gasteiger partial charge in [0.2, 0.25) is 0 Å². The summed E-state index contributed by atoms with van der Waals surface area (Å²) in [6.07, 6.45) is 2.35. The van der Waals surface area contributed by atoms with Crippen LogP contribution in [0.1, 0.15) is 34.8 Å². The van der Waals surface area contributed by atoms with E-state index in [1.165, 1.54) is 18.4 Å².